The second kappa shape index (κ2) is 8.05. The van der Waals surface area contributed by atoms with Crippen LogP contribution in [0.5, 0.6) is 5.75 Å². The summed E-state index contributed by atoms with van der Waals surface area (Å²) in [5.41, 5.74) is 6.21. The lowest BCUT2D eigenvalue weighted by Crippen LogP contribution is -2.20. The zero-order chi connectivity index (χ0) is 20.4. The first-order valence-corrected chi connectivity index (χ1v) is 10.3. The highest BCUT2D eigenvalue weighted by Gasteiger charge is 2.09. The van der Waals surface area contributed by atoms with Crippen LogP contribution in [-0.4, -0.2) is 17.5 Å². The third-order valence-electron chi connectivity index (χ3n) is 4.87. The lowest BCUT2D eigenvalue weighted by atomic mass is 10.1. The molecule has 0 radical (unpaired) electrons. The number of carbonyl (C=O) groups excluding carboxylic acids is 1. The molecule has 0 aliphatic heterocycles. The van der Waals surface area contributed by atoms with Crippen LogP contribution >= 0.6 is 11.3 Å². The van der Waals surface area contributed by atoms with Gasteiger partial charge in [0, 0.05) is 11.3 Å². The number of benzene rings is 3. The fraction of sp³-hybridized carbons (Fsp3) is 0.167. The average Bonchev–Trinajstić information content (AvgIpc) is 3.13. The van der Waals surface area contributed by atoms with Gasteiger partial charge in [0.1, 0.15) is 10.8 Å². The lowest BCUT2D eigenvalue weighted by Gasteiger charge is -2.11. The molecular weight excluding hydrogens is 380 g/mol. The van der Waals surface area contributed by atoms with E-state index in [-0.39, 0.29) is 12.5 Å². The Labute approximate surface area is 174 Å². The van der Waals surface area contributed by atoms with E-state index in [0.29, 0.717) is 0 Å². The van der Waals surface area contributed by atoms with E-state index >= 15 is 0 Å². The monoisotopic (exact) mass is 402 g/mol. The van der Waals surface area contributed by atoms with E-state index in [1.807, 2.05) is 56.3 Å². The number of rotatable bonds is 5. The quantitative estimate of drug-likeness (QED) is 0.452. The van der Waals surface area contributed by atoms with Crippen LogP contribution in [0.25, 0.3) is 20.8 Å². The zero-order valence-corrected chi connectivity index (χ0v) is 17.5. The molecule has 4 rings (SSSR count). The SMILES string of the molecule is Cc1ccc2nc(-c3ccc(NC(=O)COc4cccc(C)c4C)cc3)sc2c1. The highest BCUT2D eigenvalue weighted by molar-refractivity contribution is 7.21. The third kappa shape index (κ3) is 4.30. The van der Waals surface area contributed by atoms with E-state index in [2.05, 4.69) is 30.4 Å². The molecule has 4 nitrogen and oxygen atoms in total. The summed E-state index contributed by atoms with van der Waals surface area (Å²) in [5, 5.41) is 3.85. The van der Waals surface area contributed by atoms with Crippen LogP contribution in [0.4, 0.5) is 5.69 Å². The average molecular weight is 403 g/mol. The lowest BCUT2D eigenvalue weighted by molar-refractivity contribution is -0.118. The van der Waals surface area contributed by atoms with Crippen LogP contribution in [-0.2, 0) is 4.79 Å². The summed E-state index contributed by atoms with van der Waals surface area (Å²) in [5.74, 6) is 0.552. The van der Waals surface area contributed by atoms with Gasteiger partial charge >= 0.3 is 0 Å². The summed E-state index contributed by atoms with van der Waals surface area (Å²) in [7, 11) is 0. The van der Waals surface area contributed by atoms with Crippen molar-refractivity contribution in [2.24, 2.45) is 0 Å². The van der Waals surface area contributed by atoms with E-state index in [4.69, 9.17) is 9.72 Å². The number of carbonyl (C=O) groups is 1. The smallest absolute Gasteiger partial charge is 0.262 e. The third-order valence-corrected chi connectivity index (χ3v) is 5.94. The van der Waals surface area contributed by atoms with Gasteiger partial charge in [-0.2, -0.15) is 0 Å². The molecule has 1 heterocycles. The van der Waals surface area contributed by atoms with Crippen molar-refractivity contribution < 1.29 is 9.53 Å². The molecule has 0 saturated heterocycles. The molecule has 1 amide bonds. The molecule has 29 heavy (non-hydrogen) atoms. The van der Waals surface area contributed by atoms with Crippen molar-refractivity contribution in [1.82, 2.24) is 4.98 Å². The van der Waals surface area contributed by atoms with E-state index < -0.39 is 0 Å². The molecule has 0 aliphatic carbocycles. The molecule has 1 N–H and O–H groups in total. The van der Waals surface area contributed by atoms with E-state index in [1.54, 1.807) is 11.3 Å². The number of nitrogens with zero attached hydrogens (tertiary/aromatic N) is 1. The molecule has 1 aromatic heterocycles. The van der Waals surface area contributed by atoms with Gasteiger partial charge in [-0.05, 0) is 79.9 Å². The fourth-order valence-corrected chi connectivity index (χ4v) is 4.14. The minimum Gasteiger partial charge on any atom is -0.483 e. The normalized spacial score (nSPS) is 10.9. The van der Waals surface area contributed by atoms with Crippen LogP contribution < -0.4 is 10.1 Å². The maximum Gasteiger partial charge on any atom is 0.262 e. The molecular formula is C24H22N2O2S. The number of nitrogens with one attached hydrogen (secondary N) is 1. The highest BCUT2D eigenvalue weighted by Crippen LogP contribution is 2.31. The van der Waals surface area contributed by atoms with Gasteiger partial charge in [-0.1, -0.05) is 18.2 Å². The summed E-state index contributed by atoms with van der Waals surface area (Å²) in [6.07, 6.45) is 0. The number of ether oxygens (including phenoxy) is 1. The van der Waals surface area contributed by atoms with Crippen LogP contribution in [0.1, 0.15) is 16.7 Å². The molecule has 0 aliphatic rings. The van der Waals surface area contributed by atoms with Crippen molar-refractivity contribution in [3.05, 3.63) is 77.4 Å². The topological polar surface area (TPSA) is 51.2 Å². The van der Waals surface area contributed by atoms with Gasteiger partial charge in [0.25, 0.3) is 5.91 Å². The van der Waals surface area contributed by atoms with Crippen molar-refractivity contribution in [1.29, 1.82) is 0 Å². The maximum atomic E-state index is 12.2. The Bertz CT molecular complexity index is 1180. The van der Waals surface area contributed by atoms with Crippen LogP contribution in [0.3, 0.4) is 0 Å². The van der Waals surface area contributed by atoms with Crippen LogP contribution in [0, 0.1) is 20.8 Å². The molecule has 0 fully saturated rings. The highest BCUT2D eigenvalue weighted by atomic mass is 32.1. The van der Waals surface area contributed by atoms with Crippen LogP contribution in [0.15, 0.2) is 60.7 Å². The van der Waals surface area contributed by atoms with E-state index in [9.17, 15) is 4.79 Å². The maximum absolute atomic E-state index is 12.2. The molecule has 4 aromatic rings. The first-order valence-electron chi connectivity index (χ1n) is 9.46. The predicted molar refractivity (Wildman–Crippen MR) is 120 cm³/mol. The molecule has 146 valence electrons. The summed E-state index contributed by atoms with van der Waals surface area (Å²) < 4.78 is 6.85. The Morgan fingerprint density at radius 1 is 1.03 bits per heavy atom. The molecule has 0 bridgehead atoms. The van der Waals surface area contributed by atoms with Crippen molar-refractivity contribution in [3.63, 3.8) is 0 Å². The van der Waals surface area contributed by atoms with Gasteiger partial charge in [0.05, 0.1) is 10.2 Å². The van der Waals surface area contributed by atoms with Crippen molar-refractivity contribution >= 4 is 33.1 Å². The fourth-order valence-electron chi connectivity index (χ4n) is 3.07. The largest absolute Gasteiger partial charge is 0.483 e. The second-order valence-corrected chi connectivity index (χ2v) is 8.13. The zero-order valence-electron chi connectivity index (χ0n) is 16.7. The molecule has 0 spiro atoms. The second-order valence-electron chi connectivity index (χ2n) is 7.10. The van der Waals surface area contributed by atoms with Gasteiger partial charge in [-0.3, -0.25) is 4.79 Å². The first kappa shape index (κ1) is 19.2. The number of anilines is 1. The number of thiazole rings is 1. The minimum atomic E-state index is -0.186. The molecule has 3 aromatic carbocycles. The summed E-state index contributed by atoms with van der Waals surface area (Å²) in [6, 6.07) is 19.8. The summed E-state index contributed by atoms with van der Waals surface area (Å²) in [6.45, 7) is 6.07. The summed E-state index contributed by atoms with van der Waals surface area (Å²) >= 11 is 1.67. The minimum absolute atomic E-state index is 0.0245. The van der Waals surface area contributed by atoms with Crippen molar-refractivity contribution in [2.45, 2.75) is 20.8 Å². The van der Waals surface area contributed by atoms with E-state index in [1.165, 1.54) is 10.3 Å². The predicted octanol–water partition coefficient (Wildman–Crippen LogP) is 5.91. The van der Waals surface area contributed by atoms with Gasteiger partial charge in [0.2, 0.25) is 0 Å². The van der Waals surface area contributed by atoms with Gasteiger partial charge in [-0.25, -0.2) is 4.98 Å². The number of aryl methyl sites for hydroxylation is 2. The number of aromatic nitrogens is 1. The summed E-state index contributed by atoms with van der Waals surface area (Å²) in [4.78, 5) is 16.9. The van der Waals surface area contributed by atoms with Gasteiger partial charge < -0.3 is 10.1 Å². The molecule has 0 unspecified atom stereocenters. The van der Waals surface area contributed by atoms with Crippen molar-refractivity contribution in [3.8, 4) is 16.3 Å². The Morgan fingerprint density at radius 3 is 2.62 bits per heavy atom. The Balaban J connectivity index is 1.41. The first-order chi connectivity index (χ1) is 14.0. The molecule has 0 saturated carbocycles. The number of hydrogen-bond donors (Lipinski definition) is 1. The molecule has 0 atom stereocenters. The number of fused-ring (bicyclic) bond motifs is 1. The Hall–Kier alpha value is -3.18. The van der Waals surface area contributed by atoms with E-state index in [0.717, 1.165) is 38.7 Å². The van der Waals surface area contributed by atoms with Gasteiger partial charge in [-0.15, -0.1) is 11.3 Å². The Kier molecular flexibility index (Phi) is 5.32. The standard InChI is InChI=1S/C24H22N2O2S/c1-15-7-12-20-22(13-15)29-24(26-20)18-8-10-19(11-9-18)25-23(27)14-28-21-6-4-5-16(2)17(21)3/h4-13H,14H2,1-3H3,(H,25,27). The van der Waals surface area contributed by atoms with Gasteiger partial charge in [0.15, 0.2) is 6.61 Å². The van der Waals surface area contributed by atoms with Crippen molar-refractivity contribution in [2.75, 3.05) is 11.9 Å². The van der Waals surface area contributed by atoms with Crippen LogP contribution in [0.2, 0.25) is 0 Å². The molecule has 5 heteroatoms. The number of amides is 1. The Morgan fingerprint density at radius 2 is 1.83 bits per heavy atom. The number of hydrogen-bond acceptors (Lipinski definition) is 4.